The average molecular weight is 409 g/mol. The number of esters is 1. The first kappa shape index (κ1) is 21.4. The van der Waals surface area contributed by atoms with Crippen LogP contribution in [0.3, 0.4) is 0 Å². The van der Waals surface area contributed by atoms with Crippen LogP contribution in [-0.2, 0) is 14.3 Å². The number of carbonyl (C=O) groups is 3. The Morgan fingerprint density at radius 1 is 1.14 bits per heavy atom. The lowest BCUT2D eigenvalue weighted by Crippen LogP contribution is -2.42. The zero-order valence-electron chi connectivity index (χ0n) is 15.0. The van der Waals surface area contributed by atoms with Crippen molar-refractivity contribution in [1.29, 1.82) is 0 Å². The third kappa shape index (κ3) is 5.29. The van der Waals surface area contributed by atoms with Gasteiger partial charge in [-0.1, -0.05) is 11.8 Å². The molecule has 0 aliphatic heterocycles. The smallest absolute Gasteiger partial charge is 0.329 e. The van der Waals surface area contributed by atoms with Crippen molar-refractivity contribution in [2.24, 2.45) is 0 Å². The van der Waals surface area contributed by atoms with Gasteiger partial charge in [-0.25, -0.2) is 13.6 Å². The van der Waals surface area contributed by atoms with Crippen LogP contribution in [0, 0.1) is 11.6 Å². The number of carbonyl (C=O) groups excluding carboxylic acids is 3. The number of benzene rings is 2. The summed E-state index contributed by atoms with van der Waals surface area (Å²) in [6, 6.07) is 5.63. The molecule has 148 valence electrons. The molecule has 0 bridgehead atoms. The molecule has 0 radical (unpaired) electrons. The summed E-state index contributed by atoms with van der Waals surface area (Å²) in [5.74, 6) is -3.19. The van der Waals surface area contributed by atoms with Crippen LogP contribution in [0.4, 0.5) is 8.78 Å². The van der Waals surface area contributed by atoms with Crippen molar-refractivity contribution in [2.75, 3.05) is 12.9 Å². The summed E-state index contributed by atoms with van der Waals surface area (Å²) in [6.45, 7) is 1.22. The maximum absolute atomic E-state index is 14.2. The van der Waals surface area contributed by atoms with Crippen LogP contribution in [-0.4, -0.2) is 41.0 Å². The Balaban J connectivity index is 2.31. The summed E-state index contributed by atoms with van der Waals surface area (Å²) in [6.07, 6.45) is 0. The van der Waals surface area contributed by atoms with E-state index in [4.69, 9.17) is 0 Å². The topological polar surface area (TPSA) is 92.7 Å². The van der Waals surface area contributed by atoms with E-state index in [1.807, 2.05) is 0 Å². The molecule has 1 amide bonds. The molecule has 6 nitrogen and oxygen atoms in total. The molecule has 1 atom stereocenters. The summed E-state index contributed by atoms with van der Waals surface area (Å²) < 4.78 is 31.9. The zero-order valence-corrected chi connectivity index (χ0v) is 15.8. The summed E-state index contributed by atoms with van der Waals surface area (Å²) >= 11 is 0.688. The molecular formula is C19H17F2NO5S. The van der Waals surface area contributed by atoms with Gasteiger partial charge >= 0.3 is 5.97 Å². The lowest BCUT2D eigenvalue weighted by Gasteiger charge is -2.15. The normalized spacial score (nSPS) is 11.6. The number of hydrogen-bond donors (Lipinski definition) is 2. The molecule has 2 aromatic carbocycles. The number of ether oxygens (including phenoxy) is 1. The maximum Gasteiger partial charge on any atom is 0.329 e. The zero-order chi connectivity index (χ0) is 20.8. The van der Waals surface area contributed by atoms with Gasteiger partial charge in [-0.05, 0) is 35.9 Å². The number of rotatable bonds is 6. The molecule has 2 rings (SSSR count). The number of phenolic OH excluding ortho intramolecular Hbond substituents is 1. The fourth-order valence-electron chi connectivity index (χ4n) is 2.44. The number of phenols is 1. The molecular weight excluding hydrogens is 392 g/mol. The molecule has 0 aliphatic rings. The van der Waals surface area contributed by atoms with Gasteiger partial charge in [0.15, 0.2) is 0 Å². The lowest BCUT2D eigenvalue weighted by molar-refractivity contribution is -0.144. The SMILES string of the molecule is COC(=O)C(CSC(=O)c1cc(O)ccc1-c1ccc(F)cc1F)NC(C)=O. The van der Waals surface area contributed by atoms with E-state index >= 15 is 0 Å². The predicted molar refractivity (Wildman–Crippen MR) is 99.9 cm³/mol. The number of hydrogen-bond acceptors (Lipinski definition) is 6. The third-order valence-corrected chi connectivity index (χ3v) is 4.67. The number of methoxy groups -OCH3 is 1. The highest BCUT2D eigenvalue weighted by atomic mass is 32.2. The Morgan fingerprint density at radius 2 is 1.82 bits per heavy atom. The summed E-state index contributed by atoms with van der Waals surface area (Å²) in [5.41, 5.74) is 0.112. The second-order valence-corrected chi connectivity index (χ2v) is 6.72. The minimum Gasteiger partial charge on any atom is -0.508 e. The Labute approximate surface area is 163 Å². The Hall–Kier alpha value is -2.94. The largest absolute Gasteiger partial charge is 0.508 e. The van der Waals surface area contributed by atoms with Crippen LogP contribution in [0.25, 0.3) is 11.1 Å². The number of aromatic hydroxyl groups is 1. The van der Waals surface area contributed by atoms with Gasteiger partial charge in [0.25, 0.3) is 0 Å². The second kappa shape index (κ2) is 9.32. The molecule has 0 spiro atoms. The third-order valence-electron chi connectivity index (χ3n) is 3.69. The summed E-state index contributed by atoms with van der Waals surface area (Å²) in [4.78, 5) is 35.6. The van der Waals surface area contributed by atoms with E-state index in [-0.39, 0.29) is 28.2 Å². The van der Waals surface area contributed by atoms with Gasteiger partial charge in [-0.15, -0.1) is 0 Å². The van der Waals surface area contributed by atoms with Crippen LogP contribution in [0.15, 0.2) is 36.4 Å². The van der Waals surface area contributed by atoms with Gasteiger partial charge in [0.2, 0.25) is 11.0 Å². The van der Waals surface area contributed by atoms with E-state index in [0.717, 1.165) is 19.2 Å². The average Bonchev–Trinajstić information content (AvgIpc) is 2.64. The Kier molecular flexibility index (Phi) is 7.11. The van der Waals surface area contributed by atoms with Crippen LogP contribution < -0.4 is 5.32 Å². The van der Waals surface area contributed by atoms with Crippen LogP contribution in [0.5, 0.6) is 5.75 Å². The standard InChI is InChI=1S/C19H17F2NO5S/c1-10(23)22-17(18(25)27-2)9-28-19(26)15-8-12(24)4-6-13(15)14-5-3-11(20)7-16(14)21/h3-8,17,24H,9H2,1-2H3,(H,22,23). The highest BCUT2D eigenvalue weighted by Crippen LogP contribution is 2.32. The minimum atomic E-state index is -1.06. The number of thioether (sulfide) groups is 1. The molecule has 0 heterocycles. The van der Waals surface area contributed by atoms with Crippen molar-refractivity contribution in [3.8, 4) is 16.9 Å². The van der Waals surface area contributed by atoms with E-state index < -0.39 is 34.7 Å². The fraction of sp³-hybridized carbons (Fsp3) is 0.211. The van der Waals surface area contributed by atoms with Crippen molar-refractivity contribution in [3.05, 3.63) is 53.6 Å². The molecule has 0 fully saturated rings. The quantitative estimate of drug-likeness (QED) is 0.713. The molecule has 28 heavy (non-hydrogen) atoms. The van der Waals surface area contributed by atoms with Crippen LogP contribution in [0.2, 0.25) is 0 Å². The highest BCUT2D eigenvalue weighted by Gasteiger charge is 2.24. The van der Waals surface area contributed by atoms with Gasteiger partial charge in [0, 0.05) is 29.9 Å². The monoisotopic (exact) mass is 409 g/mol. The molecule has 9 heteroatoms. The van der Waals surface area contributed by atoms with Crippen molar-refractivity contribution < 1.29 is 33.0 Å². The van der Waals surface area contributed by atoms with Crippen LogP contribution >= 0.6 is 11.8 Å². The molecule has 2 N–H and O–H groups in total. The van der Waals surface area contributed by atoms with E-state index in [1.165, 1.54) is 25.1 Å². The minimum absolute atomic E-state index is 0.0169. The maximum atomic E-state index is 14.2. The van der Waals surface area contributed by atoms with Crippen molar-refractivity contribution in [1.82, 2.24) is 5.32 Å². The number of halogens is 2. The first-order valence-corrected chi connectivity index (χ1v) is 9.02. The van der Waals surface area contributed by atoms with Gasteiger partial charge in [0.05, 0.1) is 7.11 Å². The molecule has 1 unspecified atom stereocenters. The van der Waals surface area contributed by atoms with Gasteiger partial charge < -0.3 is 15.2 Å². The van der Waals surface area contributed by atoms with E-state index in [2.05, 4.69) is 10.1 Å². The Bertz CT molecular complexity index is 919. The van der Waals surface area contributed by atoms with Crippen molar-refractivity contribution >= 4 is 28.8 Å². The van der Waals surface area contributed by atoms with Crippen molar-refractivity contribution in [2.45, 2.75) is 13.0 Å². The van der Waals surface area contributed by atoms with Gasteiger partial charge in [-0.3, -0.25) is 9.59 Å². The first-order valence-electron chi connectivity index (χ1n) is 8.03. The van der Waals surface area contributed by atoms with Crippen molar-refractivity contribution in [3.63, 3.8) is 0 Å². The molecule has 0 saturated carbocycles. The molecule has 0 saturated heterocycles. The highest BCUT2D eigenvalue weighted by molar-refractivity contribution is 8.14. The first-order chi connectivity index (χ1) is 13.2. The summed E-state index contributed by atoms with van der Waals surface area (Å²) in [5, 5.41) is 11.5. The van der Waals surface area contributed by atoms with Crippen LogP contribution in [0.1, 0.15) is 17.3 Å². The Morgan fingerprint density at radius 3 is 2.43 bits per heavy atom. The molecule has 2 aromatic rings. The summed E-state index contributed by atoms with van der Waals surface area (Å²) in [7, 11) is 1.15. The molecule has 0 aromatic heterocycles. The van der Waals surface area contributed by atoms with Gasteiger partial charge in [-0.2, -0.15) is 0 Å². The predicted octanol–water partition coefficient (Wildman–Crippen LogP) is 2.89. The fourth-order valence-corrected chi connectivity index (χ4v) is 3.30. The second-order valence-electron chi connectivity index (χ2n) is 5.73. The lowest BCUT2D eigenvalue weighted by atomic mass is 9.99. The van der Waals surface area contributed by atoms with E-state index in [1.54, 1.807) is 0 Å². The van der Waals surface area contributed by atoms with Gasteiger partial charge in [0.1, 0.15) is 23.4 Å². The van der Waals surface area contributed by atoms with E-state index in [0.29, 0.717) is 17.8 Å². The molecule has 0 aliphatic carbocycles. The number of amides is 1. The number of nitrogens with one attached hydrogen (secondary N) is 1. The van der Waals surface area contributed by atoms with E-state index in [9.17, 15) is 28.3 Å².